The van der Waals surface area contributed by atoms with Gasteiger partial charge in [-0.05, 0) is 25.8 Å². The fourth-order valence-electron chi connectivity index (χ4n) is 1.83. The molecule has 0 aromatic carbocycles. The van der Waals surface area contributed by atoms with Gasteiger partial charge >= 0.3 is 5.97 Å². The summed E-state index contributed by atoms with van der Waals surface area (Å²) in [6, 6.07) is 1.63. The van der Waals surface area contributed by atoms with Crippen molar-refractivity contribution in [2.24, 2.45) is 0 Å². The second-order valence-electron chi connectivity index (χ2n) is 3.95. The van der Waals surface area contributed by atoms with Gasteiger partial charge in [0.1, 0.15) is 11.3 Å². The average Bonchev–Trinajstić information content (AvgIpc) is 2.88. The van der Waals surface area contributed by atoms with Gasteiger partial charge in [0.05, 0.1) is 19.0 Å². The zero-order valence-corrected chi connectivity index (χ0v) is 9.40. The zero-order valence-electron chi connectivity index (χ0n) is 9.40. The van der Waals surface area contributed by atoms with Crippen molar-refractivity contribution in [3.63, 3.8) is 0 Å². The van der Waals surface area contributed by atoms with Crippen LogP contribution in [0.5, 0.6) is 0 Å². The van der Waals surface area contributed by atoms with E-state index in [0.717, 1.165) is 25.9 Å². The van der Waals surface area contributed by atoms with Gasteiger partial charge in [-0.25, -0.2) is 4.79 Å². The number of aryl methyl sites for hydroxylation is 1. The molecule has 1 atom stereocenters. The molecule has 2 rings (SSSR count). The van der Waals surface area contributed by atoms with E-state index in [0.29, 0.717) is 17.9 Å². The lowest BCUT2D eigenvalue weighted by molar-refractivity contribution is 0.0384. The number of ether oxygens (including phenoxy) is 2. The Labute approximate surface area is 94.5 Å². The molecule has 0 aliphatic carbocycles. The fourth-order valence-corrected chi connectivity index (χ4v) is 1.83. The third kappa shape index (κ3) is 2.64. The maximum atomic E-state index is 11.6. The first-order valence-corrected chi connectivity index (χ1v) is 5.60. The Morgan fingerprint density at radius 3 is 3.12 bits per heavy atom. The molecule has 1 saturated heterocycles. The maximum Gasteiger partial charge on any atom is 0.341 e. The van der Waals surface area contributed by atoms with Gasteiger partial charge in [-0.1, -0.05) is 0 Å². The van der Waals surface area contributed by atoms with Gasteiger partial charge < -0.3 is 13.9 Å². The molecule has 0 amide bonds. The topological polar surface area (TPSA) is 48.7 Å². The summed E-state index contributed by atoms with van der Waals surface area (Å²) in [5, 5.41) is 0. The van der Waals surface area contributed by atoms with Gasteiger partial charge in [-0.3, -0.25) is 0 Å². The summed E-state index contributed by atoms with van der Waals surface area (Å²) in [6.45, 7) is 2.99. The van der Waals surface area contributed by atoms with Crippen molar-refractivity contribution in [2.75, 3.05) is 13.2 Å². The molecule has 2 heterocycles. The Balaban J connectivity index is 1.73. The van der Waals surface area contributed by atoms with E-state index in [1.807, 2.05) is 0 Å². The van der Waals surface area contributed by atoms with Crippen LogP contribution in [0, 0.1) is 6.92 Å². The van der Waals surface area contributed by atoms with Crippen LogP contribution in [0.25, 0.3) is 0 Å². The molecule has 1 fully saturated rings. The van der Waals surface area contributed by atoms with E-state index in [1.165, 1.54) is 6.26 Å². The molecule has 16 heavy (non-hydrogen) atoms. The first-order valence-electron chi connectivity index (χ1n) is 5.60. The Hall–Kier alpha value is -1.29. The van der Waals surface area contributed by atoms with Crippen molar-refractivity contribution >= 4 is 5.97 Å². The van der Waals surface area contributed by atoms with Crippen LogP contribution < -0.4 is 0 Å². The molecule has 0 bridgehead atoms. The third-order valence-electron chi connectivity index (χ3n) is 2.78. The summed E-state index contributed by atoms with van der Waals surface area (Å²) in [4.78, 5) is 11.6. The van der Waals surface area contributed by atoms with Crippen molar-refractivity contribution in [1.82, 2.24) is 0 Å². The lowest BCUT2D eigenvalue weighted by Crippen LogP contribution is -2.13. The molecular weight excluding hydrogens is 208 g/mol. The number of furan rings is 1. The van der Waals surface area contributed by atoms with Gasteiger partial charge in [0.2, 0.25) is 0 Å². The summed E-state index contributed by atoms with van der Waals surface area (Å²) in [7, 11) is 0. The third-order valence-corrected chi connectivity index (χ3v) is 2.78. The van der Waals surface area contributed by atoms with Crippen LogP contribution in [-0.2, 0) is 9.47 Å². The van der Waals surface area contributed by atoms with Crippen LogP contribution in [0.1, 0.15) is 35.4 Å². The zero-order chi connectivity index (χ0) is 11.4. The Morgan fingerprint density at radius 2 is 2.50 bits per heavy atom. The molecule has 4 nitrogen and oxygen atoms in total. The molecular formula is C12H16O4. The van der Waals surface area contributed by atoms with Crippen LogP contribution in [0.3, 0.4) is 0 Å². The lowest BCUT2D eigenvalue weighted by atomic mass is 10.2. The van der Waals surface area contributed by atoms with E-state index >= 15 is 0 Å². The number of hydrogen-bond acceptors (Lipinski definition) is 4. The van der Waals surface area contributed by atoms with Crippen LogP contribution in [0.4, 0.5) is 0 Å². The second-order valence-corrected chi connectivity index (χ2v) is 3.95. The number of carbonyl (C=O) groups excluding carboxylic acids is 1. The van der Waals surface area contributed by atoms with E-state index in [1.54, 1.807) is 13.0 Å². The fraction of sp³-hybridized carbons (Fsp3) is 0.583. The van der Waals surface area contributed by atoms with E-state index < -0.39 is 0 Å². The Kier molecular flexibility index (Phi) is 3.62. The predicted octanol–water partition coefficient (Wildman–Crippen LogP) is 2.31. The van der Waals surface area contributed by atoms with E-state index in [-0.39, 0.29) is 12.1 Å². The molecule has 1 aliphatic rings. The molecule has 0 spiro atoms. The van der Waals surface area contributed by atoms with Crippen molar-refractivity contribution < 1.29 is 18.7 Å². The number of carbonyl (C=O) groups is 1. The highest BCUT2D eigenvalue weighted by Crippen LogP contribution is 2.16. The summed E-state index contributed by atoms with van der Waals surface area (Å²) in [5.74, 6) is 0.284. The number of hydrogen-bond donors (Lipinski definition) is 0. The summed E-state index contributed by atoms with van der Waals surface area (Å²) in [6.07, 6.45) is 4.72. The van der Waals surface area contributed by atoms with Crippen molar-refractivity contribution in [3.8, 4) is 0 Å². The normalized spacial score (nSPS) is 19.9. The minimum Gasteiger partial charge on any atom is -0.469 e. The van der Waals surface area contributed by atoms with Crippen molar-refractivity contribution in [1.29, 1.82) is 0 Å². The van der Waals surface area contributed by atoms with Gasteiger partial charge in [0, 0.05) is 13.0 Å². The van der Waals surface area contributed by atoms with Gasteiger partial charge in [0.15, 0.2) is 0 Å². The quantitative estimate of drug-likeness (QED) is 0.736. The van der Waals surface area contributed by atoms with E-state index in [4.69, 9.17) is 13.9 Å². The molecule has 1 aliphatic heterocycles. The standard InChI is InChI=1S/C12H16O4/c1-9-11(5-8-14-9)12(13)16-7-4-10-3-2-6-15-10/h5,8,10H,2-4,6-7H2,1H3/t10-/m1/s1. The SMILES string of the molecule is Cc1occc1C(=O)OCC[C@H]1CCCO1. The smallest absolute Gasteiger partial charge is 0.341 e. The highest BCUT2D eigenvalue weighted by molar-refractivity contribution is 5.90. The van der Waals surface area contributed by atoms with Crippen LogP contribution in [-0.4, -0.2) is 25.3 Å². The summed E-state index contributed by atoms with van der Waals surface area (Å²) < 4.78 is 15.6. The molecule has 1 aromatic heterocycles. The highest BCUT2D eigenvalue weighted by atomic mass is 16.5. The molecule has 1 aromatic rings. The van der Waals surface area contributed by atoms with Crippen molar-refractivity contribution in [2.45, 2.75) is 32.3 Å². The average molecular weight is 224 g/mol. The highest BCUT2D eigenvalue weighted by Gasteiger charge is 2.17. The molecule has 0 saturated carbocycles. The molecule has 0 N–H and O–H groups in total. The first-order chi connectivity index (χ1) is 7.77. The molecule has 0 unspecified atom stereocenters. The minimum absolute atomic E-state index is 0.262. The Bertz CT molecular complexity index is 350. The first kappa shape index (κ1) is 11.2. The molecule has 0 radical (unpaired) electrons. The van der Waals surface area contributed by atoms with Crippen LogP contribution in [0.15, 0.2) is 16.7 Å². The molecule has 4 heteroatoms. The van der Waals surface area contributed by atoms with Crippen LogP contribution >= 0.6 is 0 Å². The minimum atomic E-state index is -0.316. The predicted molar refractivity (Wildman–Crippen MR) is 57.3 cm³/mol. The van der Waals surface area contributed by atoms with Crippen LogP contribution in [0.2, 0.25) is 0 Å². The second kappa shape index (κ2) is 5.16. The summed E-state index contributed by atoms with van der Waals surface area (Å²) >= 11 is 0. The number of rotatable bonds is 4. The van der Waals surface area contributed by atoms with Gasteiger partial charge in [0.25, 0.3) is 0 Å². The van der Waals surface area contributed by atoms with Gasteiger partial charge in [-0.15, -0.1) is 0 Å². The van der Waals surface area contributed by atoms with E-state index in [9.17, 15) is 4.79 Å². The summed E-state index contributed by atoms with van der Waals surface area (Å²) in [5.41, 5.74) is 0.507. The largest absolute Gasteiger partial charge is 0.469 e. The lowest BCUT2D eigenvalue weighted by Gasteiger charge is -2.09. The molecule has 88 valence electrons. The maximum absolute atomic E-state index is 11.6. The number of esters is 1. The van der Waals surface area contributed by atoms with Gasteiger partial charge in [-0.2, -0.15) is 0 Å². The van der Waals surface area contributed by atoms with E-state index in [2.05, 4.69) is 0 Å². The Morgan fingerprint density at radius 1 is 1.62 bits per heavy atom. The monoisotopic (exact) mass is 224 g/mol. The van der Waals surface area contributed by atoms with Crippen molar-refractivity contribution in [3.05, 3.63) is 23.7 Å².